The fourth-order valence-corrected chi connectivity index (χ4v) is 5.25. The maximum Gasteiger partial charge on any atom is 0.308 e. The summed E-state index contributed by atoms with van der Waals surface area (Å²) >= 11 is 0. The van der Waals surface area contributed by atoms with Crippen LogP contribution in [-0.2, 0) is 20.9 Å². The summed E-state index contributed by atoms with van der Waals surface area (Å²) in [6.07, 6.45) is 8.27. The van der Waals surface area contributed by atoms with E-state index >= 15 is 0 Å². The fraction of sp³-hybridized carbons (Fsp3) is 0.257. The molecule has 2 aromatic carbocycles. The summed E-state index contributed by atoms with van der Waals surface area (Å²) in [5, 5.41) is 5.01. The Hall–Kier alpha value is -4.66. The molecule has 1 fully saturated rings. The normalized spacial score (nSPS) is 16.6. The van der Waals surface area contributed by atoms with Crippen molar-refractivity contribution in [1.82, 2.24) is 19.7 Å². The zero-order valence-electron chi connectivity index (χ0n) is 24.3. The van der Waals surface area contributed by atoms with Gasteiger partial charge in [-0.2, -0.15) is 5.10 Å². The van der Waals surface area contributed by atoms with E-state index in [0.717, 1.165) is 58.6 Å². The lowest BCUT2D eigenvalue weighted by molar-refractivity contribution is -0.131. The van der Waals surface area contributed by atoms with Crippen molar-refractivity contribution in [1.29, 1.82) is 0 Å². The van der Waals surface area contributed by atoms with E-state index in [4.69, 9.17) is 19.3 Å². The second kappa shape index (κ2) is 13.1. The Morgan fingerprint density at radius 1 is 0.930 bits per heavy atom. The van der Waals surface area contributed by atoms with Gasteiger partial charge in [-0.25, -0.2) is 4.68 Å². The lowest BCUT2D eigenvalue weighted by atomic mass is 10.0. The largest absolute Gasteiger partial charge is 0.427 e. The Balaban J connectivity index is 1.23. The van der Waals surface area contributed by atoms with E-state index in [0.29, 0.717) is 19.0 Å². The van der Waals surface area contributed by atoms with Crippen LogP contribution in [0.3, 0.4) is 0 Å². The molecule has 8 heteroatoms. The van der Waals surface area contributed by atoms with E-state index in [2.05, 4.69) is 41.2 Å². The smallest absolute Gasteiger partial charge is 0.308 e. The van der Waals surface area contributed by atoms with E-state index in [1.165, 1.54) is 12.5 Å². The van der Waals surface area contributed by atoms with Crippen molar-refractivity contribution in [2.45, 2.75) is 52.0 Å². The number of carbonyl (C=O) groups excluding carboxylic acids is 1. The first-order valence-corrected chi connectivity index (χ1v) is 14.6. The van der Waals surface area contributed by atoms with Gasteiger partial charge in [0.2, 0.25) is 0 Å². The molecule has 0 bridgehead atoms. The number of benzene rings is 2. The maximum absolute atomic E-state index is 11.3. The molecule has 0 amide bonds. The van der Waals surface area contributed by atoms with Crippen molar-refractivity contribution in [3.05, 3.63) is 109 Å². The minimum absolute atomic E-state index is 0.00219. The van der Waals surface area contributed by atoms with Gasteiger partial charge >= 0.3 is 5.97 Å². The van der Waals surface area contributed by atoms with Gasteiger partial charge in [0, 0.05) is 36.6 Å². The summed E-state index contributed by atoms with van der Waals surface area (Å²) in [6.45, 7) is 4.57. The number of rotatable bonds is 9. The molecular formula is C35H34N4O4. The van der Waals surface area contributed by atoms with E-state index < -0.39 is 0 Å². The molecule has 218 valence electrons. The number of nitrogens with zero attached hydrogens (tertiary/aromatic N) is 4. The molecule has 0 N–H and O–H groups in total. The molecular weight excluding hydrogens is 540 g/mol. The first kappa shape index (κ1) is 28.5. The monoisotopic (exact) mass is 574 g/mol. The summed E-state index contributed by atoms with van der Waals surface area (Å²) in [6, 6.07) is 25.6. The highest BCUT2D eigenvalue weighted by molar-refractivity contribution is 5.81. The second-order valence-electron chi connectivity index (χ2n) is 10.8. The molecule has 0 aliphatic carbocycles. The number of carbonyl (C=O) groups is 1. The topological polar surface area (TPSA) is 88.4 Å². The Morgan fingerprint density at radius 2 is 1.74 bits per heavy atom. The molecule has 2 unspecified atom stereocenters. The Labute approximate surface area is 251 Å². The third-order valence-corrected chi connectivity index (χ3v) is 7.44. The van der Waals surface area contributed by atoms with Crippen molar-refractivity contribution in [2.24, 2.45) is 0 Å². The van der Waals surface area contributed by atoms with Gasteiger partial charge in [-0.1, -0.05) is 35.9 Å². The van der Waals surface area contributed by atoms with E-state index in [1.54, 1.807) is 24.5 Å². The lowest BCUT2D eigenvalue weighted by Crippen LogP contribution is -2.29. The molecule has 1 aliphatic heterocycles. The predicted octanol–water partition coefficient (Wildman–Crippen LogP) is 7.19. The number of hydrogen-bond donors (Lipinski definition) is 0. The molecule has 2 atom stereocenters. The highest BCUT2D eigenvalue weighted by atomic mass is 16.5. The Bertz CT molecular complexity index is 1670. The average Bonchev–Trinajstić information content (AvgIpc) is 3.49. The summed E-state index contributed by atoms with van der Waals surface area (Å²) < 4.78 is 19.7. The molecule has 4 heterocycles. The summed E-state index contributed by atoms with van der Waals surface area (Å²) in [4.78, 5) is 20.5. The lowest BCUT2D eigenvalue weighted by Gasteiger charge is -2.30. The number of ether oxygens (including phenoxy) is 3. The zero-order chi connectivity index (χ0) is 29.6. The van der Waals surface area contributed by atoms with Gasteiger partial charge in [0.05, 0.1) is 30.7 Å². The quantitative estimate of drug-likeness (QED) is 0.136. The SMILES string of the molecule is CC(=O)Oc1ccc(-c2cc(-c3cn(C4CCCC(COCc5ccc(C)cc5)O4)nc3-c3ccccn3)ccn2)cc1. The van der Waals surface area contributed by atoms with Crippen LogP contribution in [0.5, 0.6) is 5.75 Å². The molecule has 1 saturated heterocycles. The first-order chi connectivity index (χ1) is 21.0. The van der Waals surface area contributed by atoms with Gasteiger partial charge < -0.3 is 14.2 Å². The van der Waals surface area contributed by atoms with Crippen LogP contribution < -0.4 is 4.74 Å². The fourth-order valence-electron chi connectivity index (χ4n) is 5.25. The number of aryl methyl sites for hydroxylation is 1. The standard InChI is InChI=1S/C35H34N4O4/c1-24-9-11-26(12-10-24)22-41-23-30-6-5-8-34(43-30)39-21-31(35(38-39)32-7-3-4-18-36-32)28-17-19-37-33(20-28)27-13-15-29(16-14-27)42-25(2)40/h3-4,7,9-21,30,34H,5-6,8,22-23H2,1-2H3. The molecule has 5 aromatic rings. The summed E-state index contributed by atoms with van der Waals surface area (Å²) in [5.41, 5.74) is 7.59. The summed E-state index contributed by atoms with van der Waals surface area (Å²) in [5.74, 6) is 0.146. The van der Waals surface area contributed by atoms with Crippen molar-refractivity contribution in [3.63, 3.8) is 0 Å². The van der Waals surface area contributed by atoms with Gasteiger partial charge in [0.25, 0.3) is 0 Å². The van der Waals surface area contributed by atoms with Crippen molar-refractivity contribution >= 4 is 5.97 Å². The average molecular weight is 575 g/mol. The molecule has 1 aliphatic rings. The second-order valence-corrected chi connectivity index (χ2v) is 10.8. The molecule has 0 saturated carbocycles. The molecule has 43 heavy (non-hydrogen) atoms. The number of pyridine rings is 2. The van der Waals surface area contributed by atoms with Gasteiger partial charge in [0.1, 0.15) is 11.4 Å². The van der Waals surface area contributed by atoms with Crippen molar-refractivity contribution < 1.29 is 19.0 Å². The van der Waals surface area contributed by atoms with E-state index in [1.807, 2.05) is 53.3 Å². The third-order valence-electron chi connectivity index (χ3n) is 7.44. The molecule has 8 nitrogen and oxygen atoms in total. The third kappa shape index (κ3) is 7.05. The minimum atomic E-state index is -0.352. The van der Waals surface area contributed by atoms with Crippen molar-refractivity contribution in [2.75, 3.05) is 6.61 Å². The van der Waals surface area contributed by atoms with Crippen LogP contribution in [0.2, 0.25) is 0 Å². The van der Waals surface area contributed by atoms with Crippen LogP contribution >= 0.6 is 0 Å². The van der Waals surface area contributed by atoms with E-state index in [-0.39, 0.29) is 18.3 Å². The number of esters is 1. The predicted molar refractivity (Wildman–Crippen MR) is 164 cm³/mol. The van der Waals surface area contributed by atoms with Gasteiger partial charge in [-0.05, 0) is 85.8 Å². The van der Waals surface area contributed by atoms with Crippen LogP contribution in [0.25, 0.3) is 33.8 Å². The zero-order valence-corrected chi connectivity index (χ0v) is 24.3. The Morgan fingerprint density at radius 3 is 2.51 bits per heavy atom. The summed E-state index contributed by atoms with van der Waals surface area (Å²) in [7, 11) is 0. The highest BCUT2D eigenvalue weighted by Gasteiger charge is 2.26. The van der Waals surface area contributed by atoms with Crippen LogP contribution in [0.15, 0.2) is 97.5 Å². The molecule has 6 rings (SSSR count). The first-order valence-electron chi connectivity index (χ1n) is 14.6. The van der Waals surface area contributed by atoms with Gasteiger partial charge in [0.15, 0.2) is 6.23 Å². The van der Waals surface area contributed by atoms with Gasteiger partial charge in [-0.15, -0.1) is 0 Å². The number of aromatic nitrogens is 4. The van der Waals surface area contributed by atoms with Crippen molar-refractivity contribution in [3.8, 4) is 39.5 Å². The Kier molecular flexibility index (Phi) is 8.67. The van der Waals surface area contributed by atoms with Crippen LogP contribution in [0.1, 0.15) is 43.5 Å². The molecule has 0 radical (unpaired) electrons. The van der Waals surface area contributed by atoms with Gasteiger partial charge in [-0.3, -0.25) is 14.8 Å². The van der Waals surface area contributed by atoms with Crippen LogP contribution in [-0.4, -0.2) is 38.4 Å². The van der Waals surface area contributed by atoms with E-state index in [9.17, 15) is 4.79 Å². The number of hydrogen-bond acceptors (Lipinski definition) is 7. The van der Waals surface area contributed by atoms with Crippen LogP contribution in [0.4, 0.5) is 0 Å². The minimum Gasteiger partial charge on any atom is -0.427 e. The van der Waals surface area contributed by atoms with Crippen LogP contribution in [0, 0.1) is 6.92 Å². The molecule has 0 spiro atoms. The maximum atomic E-state index is 11.3. The highest BCUT2D eigenvalue weighted by Crippen LogP contribution is 2.35. The molecule has 3 aromatic heterocycles.